The smallest absolute Gasteiger partial charge is 0.201 e. The van der Waals surface area contributed by atoms with E-state index in [1.807, 2.05) is 0 Å². The molecule has 1 atom stereocenters. The Hall–Kier alpha value is -1.55. The zero-order chi connectivity index (χ0) is 15.8. The van der Waals surface area contributed by atoms with Gasteiger partial charge in [0.15, 0.2) is 5.58 Å². The van der Waals surface area contributed by atoms with Gasteiger partial charge in [0.2, 0.25) is 5.89 Å². The van der Waals surface area contributed by atoms with Crippen LogP contribution in [0.4, 0.5) is 0 Å². The summed E-state index contributed by atoms with van der Waals surface area (Å²) in [6.07, 6.45) is 6.02. The van der Waals surface area contributed by atoms with E-state index in [1.165, 1.54) is 6.42 Å². The average molecular weight is 313 g/mol. The van der Waals surface area contributed by atoms with Gasteiger partial charge in [0.1, 0.15) is 11.3 Å². The van der Waals surface area contributed by atoms with Gasteiger partial charge in [0.25, 0.3) is 0 Å². The van der Waals surface area contributed by atoms with Crippen LogP contribution in [0.3, 0.4) is 0 Å². The topological polar surface area (TPSA) is 66.5 Å². The molecule has 6 rings (SSSR count). The lowest BCUT2D eigenvalue weighted by atomic mass is 9.47. The summed E-state index contributed by atoms with van der Waals surface area (Å²) in [5.41, 5.74) is 0.660. The van der Waals surface area contributed by atoms with E-state index < -0.39 is 5.60 Å². The monoisotopic (exact) mass is 313 g/mol. The van der Waals surface area contributed by atoms with Crippen LogP contribution in [0, 0.1) is 23.7 Å². The third-order valence-corrected chi connectivity index (χ3v) is 6.90. The summed E-state index contributed by atoms with van der Waals surface area (Å²) in [6.45, 7) is 2.06. The molecule has 4 saturated carbocycles. The molecule has 122 valence electrons. The van der Waals surface area contributed by atoms with E-state index in [0.717, 1.165) is 43.0 Å². The Kier molecular flexibility index (Phi) is 2.71. The highest BCUT2D eigenvalue weighted by atomic mass is 16.4. The third-order valence-electron chi connectivity index (χ3n) is 6.90. The van der Waals surface area contributed by atoms with Crippen molar-refractivity contribution in [3.63, 3.8) is 0 Å². The van der Waals surface area contributed by atoms with Crippen LogP contribution < -0.4 is 0 Å². The number of aliphatic hydroxyl groups is 1. The van der Waals surface area contributed by atoms with E-state index in [0.29, 0.717) is 23.3 Å². The molecule has 0 amide bonds. The van der Waals surface area contributed by atoms with E-state index in [4.69, 9.17) is 4.42 Å². The van der Waals surface area contributed by atoms with Gasteiger partial charge in [0, 0.05) is 6.07 Å². The number of fused-ring (bicyclic) bond motifs is 1. The zero-order valence-corrected chi connectivity index (χ0v) is 13.4. The minimum absolute atomic E-state index is 0.105. The first-order valence-corrected chi connectivity index (χ1v) is 8.86. The molecule has 0 aliphatic heterocycles. The Morgan fingerprint density at radius 1 is 1.13 bits per heavy atom. The van der Waals surface area contributed by atoms with Gasteiger partial charge in [-0.15, -0.1) is 0 Å². The van der Waals surface area contributed by atoms with Crippen LogP contribution in [0.5, 0.6) is 5.75 Å². The first-order chi connectivity index (χ1) is 11.0. The van der Waals surface area contributed by atoms with Crippen molar-refractivity contribution >= 4 is 11.1 Å². The lowest BCUT2D eigenvalue weighted by Crippen LogP contribution is -2.60. The van der Waals surface area contributed by atoms with Gasteiger partial charge in [-0.1, -0.05) is 6.92 Å². The highest BCUT2D eigenvalue weighted by Gasteiger charge is 2.59. The molecule has 4 aliphatic rings. The number of rotatable bonds is 2. The number of oxazole rings is 1. The number of aromatic hydroxyl groups is 1. The van der Waals surface area contributed by atoms with Crippen LogP contribution in [0.15, 0.2) is 22.6 Å². The first kappa shape index (κ1) is 13.8. The molecule has 0 saturated heterocycles. The van der Waals surface area contributed by atoms with Crippen molar-refractivity contribution in [2.24, 2.45) is 23.7 Å². The number of phenolic OH excluding ortho intramolecular Hbond substituents is 1. The van der Waals surface area contributed by atoms with E-state index >= 15 is 0 Å². The van der Waals surface area contributed by atoms with Crippen LogP contribution in [-0.4, -0.2) is 20.8 Å². The fraction of sp³-hybridized carbons (Fsp3) is 0.632. The maximum Gasteiger partial charge on any atom is 0.201 e. The molecular weight excluding hydrogens is 290 g/mol. The average Bonchev–Trinajstić information content (AvgIpc) is 2.93. The molecule has 1 aromatic heterocycles. The minimum atomic E-state index is -0.684. The molecule has 4 heteroatoms. The number of nitrogens with zero attached hydrogens (tertiary/aromatic N) is 1. The SMILES string of the molecule is CC(c1nc2ccc(O)cc2o1)C1(O)C2CC3CC(C2)CC1C3. The van der Waals surface area contributed by atoms with Gasteiger partial charge in [-0.3, -0.25) is 0 Å². The van der Waals surface area contributed by atoms with Crippen molar-refractivity contribution in [1.29, 1.82) is 0 Å². The van der Waals surface area contributed by atoms with Gasteiger partial charge >= 0.3 is 0 Å². The molecule has 1 unspecified atom stereocenters. The Morgan fingerprint density at radius 2 is 1.78 bits per heavy atom. The number of aromatic nitrogens is 1. The second-order valence-corrected chi connectivity index (χ2v) is 8.12. The Labute approximate surface area is 135 Å². The molecule has 0 radical (unpaired) electrons. The molecule has 4 aliphatic carbocycles. The third kappa shape index (κ3) is 1.84. The summed E-state index contributed by atoms with van der Waals surface area (Å²) in [5.74, 6) is 3.11. The molecule has 0 spiro atoms. The zero-order valence-electron chi connectivity index (χ0n) is 13.4. The molecule has 4 nitrogen and oxygen atoms in total. The lowest BCUT2D eigenvalue weighted by Gasteiger charge is -2.60. The second kappa shape index (κ2) is 4.50. The van der Waals surface area contributed by atoms with E-state index in [9.17, 15) is 10.2 Å². The maximum atomic E-state index is 11.6. The van der Waals surface area contributed by atoms with Gasteiger partial charge < -0.3 is 14.6 Å². The Balaban J connectivity index is 1.54. The summed E-state index contributed by atoms with van der Waals surface area (Å²) >= 11 is 0. The largest absolute Gasteiger partial charge is 0.508 e. The summed E-state index contributed by atoms with van der Waals surface area (Å²) in [6, 6.07) is 4.99. The summed E-state index contributed by atoms with van der Waals surface area (Å²) < 4.78 is 5.90. The van der Waals surface area contributed by atoms with Crippen molar-refractivity contribution < 1.29 is 14.6 Å². The van der Waals surface area contributed by atoms with Crippen LogP contribution in [0.25, 0.3) is 11.1 Å². The molecular formula is C19H23NO3. The van der Waals surface area contributed by atoms with Crippen LogP contribution >= 0.6 is 0 Å². The van der Waals surface area contributed by atoms with E-state index in [2.05, 4.69) is 11.9 Å². The van der Waals surface area contributed by atoms with Crippen molar-refractivity contribution in [3.8, 4) is 5.75 Å². The number of hydrogen-bond acceptors (Lipinski definition) is 4. The summed E-state index contributed by atoms with van der Waals surface area (Å²) in [7, 11) is 0. The lowest BCUT2D eigenvalue weighted by molar-refractivity contribution is -0.186. The summed E-state index contributed by atoms with van der Waals surface area (Å²) in [4.78, 5) is 4.59. The fourth-order valence-electron chi connectivity index (χ4n) is 5.96. The molecule has 1 aromatic carbocycles. The summed E-state index contributed by atoms with van der Waals surface area (Å²) in [5, 5.41) is 21.2. The number of phenols is 1. The fourth-order valence-corrected chi connectivity index (χ4v) is 5.96. The van der Waals surface area contributed by atoms with E-state index in [1.54, 1.807) is 18.2 Å². The first-order valence-electron chi connectivity index (χ1n) is 8.86. The normalized spacial score (nSPS) is 39.9. The number of hydrogen-bond donors (Lipinski definition) is 2. The van der Waals surface area contributed by atoms with Gasteiger partial charge in [0.05, 0.1) is 11.5 Å². The second-order valence-electron chi connectivity index (χ2n) is 8.12. The molecule has 2 N–H and O–H groups in total. The molecule has 2 aromatic rings. The molecule has 1 heterocycles. The van der Waals surface area contributed by atoms with Crippen LogP contribution in [-0.2, 0) is 0 Å². The highest BCUT2D eigenvalue weighted by Crippen LogP contribution is 2.61. The minimum Gasteiger partial charge on any atom is -0.508 e. The van der Waals surface area contributed by atoms with E-state index in [-0.39, 0.29) is 11.7 Å². The molecule has 23 heavy (non-hydrogen) atoms. The van der Waals surface area contributed by atoms with Crippen LogP contribution in [0.2, 0.25) is 0 Å². The van der Waals surface area contributed by atoms with Gasteiger partial charge in [-0.2, -0.15) is 0 Å². The van der Waals surface area contributed by atoms with Crippen molar-refractivity contribution in [2.75, 3.05) is 0 Å². The Bertz CT molecular complexity index is 737. The quantitative estimate of drug-likeness (QED) is 0.884. The predicted molar refractivity (Wildman–Crippen MR) is 86.1 cm³/mol. The molecule has 4 bridgehead atoms. The molecule has 4 fully saturated rings. The predicted octanol–water partition coefficient (Wildman–Crippen LogP) is 3.82. The Morgan fingerprint density at radius 3 is 2.43 bits per heavy atom. The maximum absolute atomic E-state index is 11.6. The standard InChI is InChI=1S/C19H23NO3/c1-10(18-20-16-3-2-15(21)9-17(16)23-18)19(22)13-5-11-4-12(7-13)8-14(19)6-11/h2-3,9-14,21-22H,4-8H2,1H3. The van der Waals surface area contributed by atoms with Crippen molar-refractivity contribution in [2.45, 2.75) is 50.5 Å². The highest BCUT2D eigenvalue weighted by molar-refractivity contribution is 5.74. The van der Waals surface area contributed by atoms with Crippen LogP contribution in [0.1, 0.15) is 50.8 Å². The van der Waals surface area contributed by atoms with Gasteiger partial charge in [-0.05, 0) is 67.9 Å². The number of benzene rings is 1. The van der Waals surface area contributed by atoms with Crippen molar-refractivity contribution in [1.82, 2.24) is 4.98 Å². The van der Waals surface area contributed by atoms with Crippen molar-refractivity contribution in [3.05, 3.63) is 24.1 Å². The van der Waals surface area contributed by atoms with Gasteiger partial charge in [-0.25, -0.2) is 4.98 Å².